The smallest absolute Gasteiger partial charge is 0.404 e. The van der Waals surface area contributed by atoms with Crippen LogP contribution in [0.15, 0.2) is 267 Å². The molecule has 0 aromatic heterocycles. The number of alkyl halides is 1. The maximum absolute atomic E-state index is 17.9. The highest BCUT2D eigenvalue weighted by atomic mass is 35.5. The number of fused-ring (bicyclic) bond motifs is 3. The Morgan fingerprint density at radius 1 is 0.389 bits per heavy atom. The lowest BCUT2D eigenvalue weighted by atomic mass is 9.92. The van der Waals surface area contributed by atoms with Crippen LogP contribution in [0.25, 0.3) is 0 Å². The lowest BCUT2D eigenvalue weighted by molar-refractivity contribution is -0.409. The molecule has 113 heavy (non-hydrogen) atoms. The van der Waals surface area contributed by atoms with Gasteiger partial charge >= 0.3 is 5.43 Å². The van der Waals surface area contributed by atoms with Crippen molar-refractivity contribution in [1.82, 2.24) is 4.90 Å². The molecule has 16 rings (SSSR count). The largest absolute Gasteiger partial charge is 0.444 e. The molecule has 24 heteroatoms. The Morgan fingerprint density at radius 2 is 0.761 bits per heavy atom. The van der Waals surface area contributed by atoms with E-state index in [0.717, 1.165) is 27.2 Å². The van der Waals surface area contributed by atoms with Gasteiger partial charge in [0.15, 0.2) is 37.6 Å². The molecule has 6 saturated heterocycles. The predicted octanol–water partition coefficient (Wildman–Crippen LogP) is 13.8. The van der Waals surface area contributed by atoms with Crippen LogP contribution in [-0.4, -0.2) is 165 Å². The first-order valence-corrected chi connectivity index (χ1v) is 38.5. The molecule has 588 valence electrons. The van der Waals surface area contributed by atoms with Gasteiger partial charge in [0.05, 0.1) is 76.7 Å². The fourth-order valence-electron chi connectivity index (χ4n) is 15.5. The van der Waals surface area contributed by atoms with Crippen molar-refractivity contribution in [3.8, 4) is 0 Å². The number of carbonyl (C=O) groups excluding carboxylic acids is 3. The fraction of sp³-hybridized carbons (Fsp3) is 0.360. The quantitative estimate of drug-likeness (QED) is 0.0314. The molecule has 22 atom stereocenters. The summed E-state index contributed by atoms with van der Waals surface area (Å²) >= 11 is 6.38. The zero-order valence-corrected chi connectivity index (χ0v) is 62.5. The Bertz CT molecular complexity index is 4470. The Balaban J connectivity index is 0.875. The number of hydrogen-bond donors (Lipinski definition) is 0. The molecule has 2 amide bonds. The minimum absolute atomic E-state index is 0.00458. The lowest BCUT2D eigenvalue weighted by Gasteiger charge is -2.54. The Hall–Kier alpha value is -8.87. The molecule has 0 aliphatic carbocycles. The van der Waals surface area contributed by atoms with E-state index in [9.17, 15) is 4.79 Å². The van der Waals surface area contributed by atoms with E-state index < -0.39 is 153 Å². The molecule has 22 nitrogen and oxygen atoms in total. The summed E-state index contributed by atoms with van der Waals surface area (Å²) in [7, 11) is 0. The van der Waals surface area contributed by atoms with Gasteiger partial charge in [0.1, 0.15) is 85.4 Å². The van der Waals surface area contributed by atoms with Gasteiger partial charge in [-0.1, -0.05) is 255 Å². The van der Waals surface area contributed by atoms with Crippen LogP contribution in [0.1, 0.15) is 84.7 Å². The lowest BCUT2D eigenvalue weighted by Crippen LogP contribution is -2.72. The standard InChI is InChI=1S/C89H87ClFNO21/c1-55-70(97-47-57-30-12-3-13-31-57)75(98-48-58-32-14-4-15-33-58)79(100-50-60-36-18-6-19-37-60)87(104-55)111-74-69(92-82(93)64-44-26-27-45-65(64)83(92)94)86(112-76-72-67(53-102-84(108-72)62-40-22-8-23-41-62)105-81(91)78(76)99-49-59-34-16-5-17-35-59)106-66(52-96-46-56-28-10-2-11-29-56)71(74)110-88-80(101-51-61-38-20-7-21-39-61)77(113-89(90)95)73-68(107-88)54-103-85(109-73)63-42-24-9-25-43-63/h2-45,55,66-81,84-88H,46-54H2,1H3/t55-,66+,67?,68?,69+,70+,71+,72?,73?,74+,75+,76+,77+,78-,79-,80-,81-,84+,85+,86-,87-,88+/m0/s1. The minimum Gasteiger partial charge on any atom is -0.444 e. The first-order chi connectivity index (χ1) is 55.5. The topological polar surface area (TPSA) is 221 Å². The summed E-state index contributed by atoms with van der Waals surface area (Å²) in [5.74, 6) is -1.58. The number of rotatable bonds is 29. The van der Waals surface area contributed by atoms with Gasteiger partial charge in [0.25, 0.3) is 11.8 Å². The summed E-state index contributed by atoms with van der Waals surface area (Å²) in [5.41, 5.74) is 4.81. The molecule has 9 aromatic carbocycles. The number of halogens is 2. The normalized spacial score (nSPS) is 30.9. The second-order valence-electron chi connectivity index (χ2n) is 28.6. The van der Waals surface area contributed by atoms with Crippen molar-refractivity contribution in [1.29, 1.82) is 0 Å². The predicted molar refractivity (Wildman–Crippen MR) is 404 cm³/mol. The van der Waals surface area contributed by atoms with Crippen LogP contribution < -0.4 is 0 Å². The molecule has 6 fully saturated rings. The van der Waals surface area contributed by atoms with Gasteiger partial charge in [-0.3, -0.25) is 14.5 Å². The van der Waals surface area contributed by atoms with E-state index in [-0.39, 0.29) is 70.6 Å². The molecule has 7 aliphatic heterocycles. The van der Waals surface area contributed by atoms with E-state index in [2.05, 4.69) is 0 Å². The monoisotopic (exact) mass is 1560 g/mol. The fourth-order valence-corrected chi connectivity index (χ4v) is 15.7. The van der Waals surface area contributed by atoms with Gasteiger partial charge in [-0.25, -0.2) is 9.18 Å². The summed E-state index contributed by atoms with van der Waals surface area (Å²) in [5, 5.41) is 0. The van der Waals surface area contributed by atoms with E-state index in [4.69, 9.17) is 96.9 Å². The highest BCUT2D eigenvalue weighted by molar-refractivity contribution is 6.61. The molecule has 0 N–H and O–H groups in total. The highest BCUT2D eigenvalue weighted by Gasteiger charge is 2.63. The van der Waals surface area contributed by atoms with Crippen molar-refractivity contribution in [3.05, 3.63) is 323 Å². The maximum atomic E-state index is 17.9. The summed E-state index contributed by atoms with van der Waals surface area (Å²) < 4.78 is 144. The molecular formula is C89H87ClFNO21. The van der Waals surface area contributed by atoms with Crippen LogP contribution in [0.2, 0.25) is 0 Å². The average Bonchev–Trinajstić information content (AvgIpc) is 1.67. The number of hydrogen-bond acceptors (Lipinski definition) is 21. The molecule has 0 saturated carbocycles. The zero-order valence-electron chi connectivity index (χ0n) is 61.7. The zero-order chi connectivity index (χ0) is 77.0. The molecule has 7 heterocycles. The van der Waals surface area contributed by atoms with Gasteiger partial charge in [-0.2, -0.15) is 0 Å². The van der Waals surface area contributed by atoms with Crippen molar-refractivity contribution < 1.29 is 104 Å². The van der Waals surface area contributed by atoms with E-state index in [1.807, 2.05) is 250 Å². The van der Waals surface area contributed by atoms with Crippen LogP contribution in [0.4, 0.5) is 9.18 Å². The third kappa shape index (κ3) is 18.4. The third-order valence-electron chi connectivity index (χ3n) is 21.1. The second kappa shape index (κ2) is 37.2. The number of benzene rings is 9. The van der Waals surface area contributed by atoms with Crippen LogP contribution in [-0.2, 0) is 125 Å². The highest BCUT2D eigenvalue weighted by Crippen LogP contribution is 2.46. The average molecular weight is 1560 g/mol. The summed E-state index contributed by atoms with van der Waals surface area (Å²) in [4.78, 5) is 47.0. The molecule has 0 bridgehead atoms. The molecule has 9 aromatic rings. The van der Waals surface area contributed by atoms with Crippen LogP contribution in [0.3, 0.4) is 0 Å². The van der Waals surface area contributed by atoms with E-state index in [1.54, 1.807) is 24.3 Å². The SMILES string of the molecule is C[C@@H]1O[C@@H](O[C@H]2[C@H](O[C@H]3OC4CO[C@@H](c5ccccc5)OC4[C@@H](OC(=O)Cl)[C@@H]3OCc3ccccc3)[C@@H](COCc3ccccc3)O[C@@H](O[C@@H]3C4O[C@H](c5ccccc5)OCC4O[C@H](F)[C@H]3OCc3ccccc3)[C@@H]2N2C(=O)c3ccccc3C2=O)[C@@H](OCc2ccccc2)[C@H](OCc2ccccc2)[C@@H]1OCc1ccccc1. The van der Waals surface area contributed by atoms with E-state index >= 15 is 14.0 Å². The van der Waals surface area contributed by atoms with Gasteiger partial charge in [-0.05, 0) is 52.4 Å². The molecule has 0 spiro atoms. The number of amides is 2. The van der Waals surface area contributed by atoms with Crippen LogP contribution >= 0.6 is 11.6 Å². The molecular weight excluding hydrogens is 1470 g/mol. The van der Waals surface area contributed by atoms with Crippen LogP contribution in [0.5, 0.6) is 0 Å². The Labute approximate surface area is 658 Å². The van der Waals surface area contributed by atoms with Crippen molar-refractivity contribution in [3.63, 3.8) is 0 Å². The van der Waals surface area contributed by atoms with Crippen molar-refractivity contribution in [2.45, 2.75) is 182 Å². The Kier molecular flexibility index (Phi) is 25.7. The number of carbonyl (C=O) groups is 3. The number of imide groups is 1. The van der Waals surface area contributed by atoms with Gasteiger partial charge in [0, 0.05) is 22.7 Å². The maximum Gasteiger partial charge on any atom is 0.404 e. The van der Waals surface area contributed by atoms with Crippen molar-refractivity contribution in [2.75, 3.05) is 19.8 Å². The summed E-state index contributed by atoms with van der Waals surface area (Å²) in [6, 6.07) is 79.8. The summed E-state index contributed by atoms with van der Waals surface area (Å²) in [6.45, 7) is 1.06. The molecule has 0 radical (unpaired) electrons. The molecule has 4 unspecified atom stereocenters. The van der Waals surface area contributed by atoms with Gasteiger partial charge in [0.2, 0.25) is 6.36 Å². The Morgan fingerprint density at radius 3 is 1.23 bits per heavy atom. The van der Waals surface area contributed by atoms with Crippen molar-refractivity contribution >= 4 is 28.8 Å². The third-order valence-corrected chi connectivity index (χ3v) is 21.2. The van der Waals surface area contributed by atoms with E-state index in [0.29, 0.717) is 22.3 Å². The summed E-state index contributed by atoms with van der Waals surface area (Å²) in [6.07, 6.45) is -29.0. The van der Waals surface area contributed by atoms with E-state index in [1.165, 1.54) is 0 Å². The van der Waals surface area contributed by atoms with Crippen LogP contribution in [0, 0.1) is 0 Å². The first-order valence-electron chi connectivity index (χ1n) is 38.1. The molecule has 7 aliphatic rings. The first kappa shape index (κ1) is 78.0. The van der Waals surface area contributed by atoms with Gasteiger partial charge in [-0.15, -0.1) is 0 Å². The number of nitrogens with zero attached hydrogens (tertiary/aromatic N) is 1. The number of ether oxygens (including phenoxy) is 18. The van der Waals surface area contributed by atoms with Gasteiger partial charge < -0.3 is 85.3 Å². The minimum atomic E-state index is -2.21. The van der Waals surface area contributed by atoms with Crippen molar-refractivity contribution in [2.24, 2.45) is 0 Å². The second-order valence-corrected chi connectivity index (χ2v) is 28.9.